The maximum atomic E-state index is 8.58. The molecule has 0 unspecified atom stereocenters. The summed E-state index contributed by atoms with van der Waals surface area (Å²) in [7, 11) is 0. The van der Waals surface area contributed by atoms with Crippen LogP contribution in [0.25, 0.3) is 0 Å². The van der Waals surface area contributed by atoms with Crippen molar-refractivity contribution in [2.75, 3.05) is 0 Å². The molecule has 0 aromatic heterocycles. The van der Waals surface area contributed by atoms with Gasteiger partial charge in [-0.1, -0.05) is 0 Å². The zero-order valence-corrected chi connectivity index (χ0v) is 7.30. The van der Waals surface area contributed by atoms with Crippen LogP contribution in [0.5, 0.6) is 0 Å². The van der Waals surface area contributed by atoms with Crippen LogP contribution < -0.4 is 0 Å². The van der Waals surface area contributed by atoms with Gasteiger partial charge in [0.2, 0.25) is 0 Å². The zero-order chi connectivity index (χ0) is 2.71. The molecule has 19 valence electrons. The Labute approximate surface area is 73.7 Å². The van der Waals surface area contributed by atoms with Crippen molar-refractivity contribution in [3.8, 4) is 0 Å². The zero-order valence-electron chi connectivity index (χ0n) is 2.30. The van der Waals surface area contributed by atoms with Crippen LogP contribution in [0.1, 0.15) is 0 Å². The van der Waals surface area contributed by atoms with Crippen molar-refractivity contribution in [1.29, 1.82) is 0 Å². The van der Waals surface area contributed by atoms with Crippen molar-refractivity contribution in [2.45, 2.75) is 0 Å². The van der Waals surface area contributed by atoms with Gasteiger partial charge in [0.1, 0.15) is 0 Å². The van der Waals surface area contributed by atoms with E-state index in [2.05, 4.69) is 0 Å². The van der Waals surface area contributed by atoms with Crippen molar-refractivity contribution in [2.24, 2.45) is 0 Å². The van der Waals surface area contributed by atoms with E-state index in [4.69, 9.17) is 7.84 Å². The standard InChI is InChI=1S/AsHO2.K/c2-1-3;/h(H,2,3);. The summed E-state index contributed by atoms with van der Waals surface area (Å²) in [6.07, 6.45) is 0. The van der Waals surface area contributed by atoms with Crippen LogP contribution in [0.3, 0.4) is 0 Å². The van der Waals surface area contributed by atoms with Gasteiger partial charge in [-0.25, -0.2) is 0 Å². The van der Waals surface area contributed by atoms with Crippen molar-refractivity contribution in [1.82, 2.24) is 0 Å². The van der Waals surface area contributed by atoms with Crippen molar-refractivity contribution < 1.29 is 7.84 Å². The minimum atomic E-state index is -1.56. The van der Waals surface area contributed by atoms with E-state index in [0.29, 0.717) is 0 Å². The molecule has 0 atom stereocenters. The summed E-state index contributed by atoms with van der Waals surface area (Å²) in [5.74, 6) is 0. The average Bonchev–Trinajstić information content (AvgIpc) is 0.918. The second-order valence-electron chi connectivity index (χ2n) is 0.0816. The van der Waals surface area contributed by atoms with Crippen molar-refractivity contribution >= 4 is 67.4 Å². The topological polar surface area (TPSA) is 37.3 Å². The molecule has 0 aromatic rings. The van der Waals surface area contributed by atoms with Gasteiger partial charge in [0.15, 0.2) is 0 Å². The molecule has 1 radical (unpaired) electrons. The minimum absolute atomic E-state index is 0. The Kier molecular flexibility index (Phi) is 20.7. The third-order valence-electron chi connectivity index (χ3n) is 0. The molecule has 0 spiro atoms. The fraction of sp³-hybridized carbons (Fsp3) is 0. The molecule has 4 heteroatoms. The Morgan fingerprint density at radius 2 is 1.75 bits per heavy atom. The molecular formula is HAsKO2. The Hall–Kier alpha value is 1.95. The fourth-order valence-corrected chi connectivity index (χ4v) is 0. The molecule has 0 rings (SSSR count). The Bertz CT molecular complexity index is 13.5. The van der Waals surface area contributed by atoms with Crippen LogP contribution in [0.15, 0.2) is 0 Å². The van der Waals surface area contributed by atoms with Crippen LogP contribution in [0.4, 0.5) is 0 Å². The van der Waals surface area contributed by atoms with Gasteiger partial charge in [0.25, 0.3) is 0 Å². The van der Waals surface area contributed by atoms with Crippen LogP contribution in [0.2, 0.25) is 0 Å². The van der Waals surface area contributed by atoms with E-state index in [9.17, 15) is 0 Å². The van der Waals surface area contributed by atoms with Gasteiger partial charge in [-0.15, -0.1) is 0 Å². The predicted octanol–water partition coefficient (Wildman–Crippen LogP) is -1.44. The van der Waals surface area contributed by atoms with Gasteiger partial charge >= 0.3 is 23.9 Å². The molecule has 0 aliphatic rings. The number of hydrogen-bond donors (Lipinski definition) is 1. The van der Waals surface area contributed by atoms with Crippen molar-refractivity contribution in [3.63, 3.8) is 0 Å². The van der Waals surface area contributed by atoms with Gasteiger partial charge in [-0.2, -0.15) is 0 Å². The number of hydrogen-bond acceptors (Lipinski definition) is 1. The quantitative estimate of drug-likeness (QED) is 0.426. The van der Waals surface area contributed by atoms with Crippen LogP contribution in [0, 0.1) is 0 Å². The first-order chi connectivity index (χ1) is 1.41. The molecule has 4 heavy (non-hydrogen) atoms. The SMILES string of the molecule is O=[As]O.[K]. The summed E-state index contributed by atoms with van der Waals surface area (Å²) in [4.78, 5) is 0. The number of rotatable bonds is 0. The first-order valence-corrected chi connectivity index (χ1v) is 1.99. The Morgan fingerprint density at radius 3 is 1.75 bits per heavy atom. The van der Waals surface area contributed by atoms with E-state index >= 15 is 0 Å². The predicted molar refractivity (Wildman–Crippen MR) is 14.4 cm³/mol. The van der Waals surface area contributed by atoms with E-state index in [1.165, 1.54) is 0 Å². The fourth-order valence-electron chi connectivity index (χ4n) is 0. The van der Waals surface area contributed by atoms with E-state index in [1.54, 1.807) is 0 Å². The Balaban J connectivity index is 0. The summed E-state index contributed by atoms with van der Waals surface area (Å²) in [6.45, 7) is 0. The monoisotopic (exact) mass is 147 g/mol. The first kappa shape index (κ1) is 9.35. The normalized spacial score (nSPS) is 5.25. The molecule has 0 amide bonds. The Morgan fingerprint density at radius 1 is 1.75 bits per heavy atom. The smallest absolute Gasteiger partial charge is 0 e. The van der Waals surface area contributed by atoms with Gasteiger partial charge in [-0.05, 0) is 0 Å². The minimum Gasteiger partial charge on any atom is 0 e. The summed E-state index contributed by atoms with van der Waals surface area (Å²) in [5, 5.41) is 0. The molecule has 1 N–H and O–H groups in total. The molecule has 0 aliphatic carbocycles. The van der Waals surface area contributed by atoms with Gasteiger partial charge in [-0.3, -0.25) is 0 Å². The summed E-state index contributed by atoms with van der Waals surface area (Å²) >= 11 is -1.56. The second-order valence-corrected chi connectivity index (χ2v) is 0.424. The van der Waals surface area contributed by atoms with E-state index in [1.807, 2.05) is 0 Å². The van der Waals surface area contributed by atoms with Crippen LogP contribution in [-0.4, -0.2) is 71.5 Å². The summed E-state index contributed by atoms with van der Waals surface area (Å²) < 4.78 is 15.7. The third-order valence-corrected chi connectivity index (χ3v) is 0. The molecule has 0 fully saturated rings. The molecule has 0 aromatic carbocycles. The second kappa shape index (κ2) is 8.88. The van der Waals surface area contributed by atoms with Gasteiger partial charge in [0, 0.05) is 51.4 Å². The van der Waals surface area contributed by atoms with E-state index in [-0.39, 0.29) is 51.4 Å². The molecule has 0 saturated heterocycles. The molecular weight excluding hydrogens is 146 g/mol. The maximum Gasteiger partial charge on any atom is 0 e. The first-order valence-electron chi connectivity index (χ1n) is 0.383. The van der Waals surface area contributed by atoms with Gasteiger partial charge in [0.05, 0.1) is 0 Å². The average molecular weight is 147 g/mol. The molecule has 0 bridgehead atoms. The van der Waals surface area contributed by atoms with E-state index < -0.39 is 16.0 Å². The van der Waals surface area contributed by atoms with Crippen molar-refractivity contribution in [3.05, 3.63) is 0 Å². The molecule has 0 saturated carbocycles. The largest absolute Gasteiger partial charge is 0 e. The maximum absolute atomic E-state index is 8.58. The third kappa shape index (κ3) is 9.04. The molecule has 2 nitrogen and oxygen atoms in total. The van der Waals surface area contributed by atoms with Gasteiger partial charge < -0.3 is 0 Å². The summed E-state index contributed by atoms with van der Waals surface area (Å²) in [5.41, 5.74) is 0. The van der Waals surface area contributed by atoms with E-state index in [0.717, 1.165) is 0 Å². The molecule has 0 heterocycles. The van der Waals surface area contributed by atoms with Crippen LogP contribution >= 0.6 is 0 Å². The molecule has 0 aliphatic heterocycles. The van der Waals surface area contributed by atoms with Crippen LogP contribution in [-0.2, 0) is 3.74 Å². The summed E-state index contributed by atoms with van der Waals surface area (Å²) in [6, 6.07) is 0.